The first-order chi connectivity index (χ1) is 4.20. The first-order valence-corrected chi connectivity index (χ1v) is 3.37. The lowest BCUT2D eigenvalue weighted by molar-refractivity contribution is -0.137. The average molecular weight is 146 g/mol. The number of rotatable bonds is 1. The summed E-state index contributed by atoms with van der Waals surface area (Å²) in [7, 11) is 0. The van der Waals surface area contributed by atoms with Crippen molar-refractivity contribution in [1.29, 1.82) is 0 Å². The largest absolute Gasteiger partial charge is 0.480 e. The molecule has 0 fully saturated rings. The Hall–Kier alpha value is -0.710. The molecule has 1 atom stereocenters. The lowest BCUT2D eigenvalue weighted by Crippen LogP contribution is -2.17. The summed E-state index contributed by atoms with van der Waals surface area (Å²) in [5.74, 6) is -0.427. The van der Waals surface area contributed by atoms with E-state index in [9.17, 15) is 4.79 Å². The van der Waals surface area contributed by atoms with Gasteiger partial charge >= 0.3 is 5.97 Å². The van der Waals surface area contributed by atoms with Crippen LogP contribution in [0.3, 0.4) is 0 Å². The Morgan fingerprint density at radius 3 is 2.89 bits per heavy atom. The van der Waals surface area contributed by atoms with Crippen LogP contribution in [0, 0.1) is 0 Å². The topological polar surface area (TPSA) is 75.7 Å². The van der Waals surface area contributed by atoms with Gasteiger partial charge in [0.2, 0.25) is 0 Å². The maximum Gasteiger partial charge on any atom is 0.329 e. The number of amidine groups is 1. The molecule has 1 unspecified atom stereocenters. The molecule has 0 saturated heterocycles. The number of aliphatic imine (C=N–C) groups is 1. The fourth-order valence-electron chi connectivity index (χ4n) is 0.519. The van der Waals surface area contributed by atoms with E-state index >= 15 is 0 Å². The molecule has 9 heavy (non-hydrogen) atoms. The summed E-state index contributed by atoms with van der Waals surface area (Å²) in [6, 6.07) is -0.616. The number of hydrogen-bond acceptors (Lipinski definition) is 4. The minimum atomic E-state index is -0.900. The van der Waals surface area contributed by atoms with Crippen LogP contribution in [0.4, 0.5) is 0 Å². The van der Waals surface area contributed by atoms with Gasteiger partial charge in [0.25, 0.3) is 0 Å². The molecule has 0 aromatic rings. The van der Waals surface area contributed by atoms with Gasteiger partial charge < -0.3 is 10.8 Å². The van der Waals surface area contributed by atoms with Crippen molar-refractivity contribution in [3.05, 3.63) is 0 Å². The van der Waals surface area contributed by atoms with E-state index < -0.39 is 12.0 Å². The molecule has 50 valence electrons. The fourth-order valence-corrected chi connectivity index (χ4v) is 1.27. The van der Waals surface area contributed by atoms with E-state index in [1.54, 1.807) is 0 Å². The molecule has 1 aliphatic rings. The maximum atomic E-state index is 10.2. The van der Waals surface area contributed by atoms with Gasteiger partial charge in [0.15, 0.2) is 11.2 Å². The number of nitrogens with two attached hydrogens (primary N) is 1. The van der Waals surface area contributed by atoms with E-state index in [1.807, 2.05) is 0 Å². The molecule has 0 amide bonds. The Kier molecular flexibility index (Phi) is 1.61. The summed E-state index contributed by atoms with van der Waals surface area (Å²) in [6.45, 7) is 0. The zero-order valence-electron chi connectivity index (χ0n) is 4.57. The summed E-state index contributed by atoms with van der Waals surface area (Å²) in [4.78, 5) is 13.8. The van der Waals surface area contributed by atoms with Gasteiger partial charge in [-0.1, -0.05) is 11.8 Å². The first-order valence-electron chi connectivity index (χ1n) is 2.39. The Morgan fingerprint density at radius 2 is 2.67 bits per heavy atom. The van der Waals surface area contributed by atoms with Gasteiger partial charge in [-0.25, -0.2) is 9.79 Å². The van der Waals surface area contributed by atoms with Gasteiger partial charge in [-0.2, -0.15) is 0 Å². The summed E-state index contributed by atoms with van der Waals surface area (Å²) in [5.41, 5.74) is 5.21. The highest BCUT2D eigenvalue weighted by Gasteiger charge is 2.22. The molecule has 1 aliphatic heterocycles. The molecular weight excluding hydrogens is 140 g/mol. The monoisotopic (exact) mass is 146 g/mol. The molecular formula is C4H6N2O2S. The molecule has 1 rings (SSSR count). The fraction of sp³-hybridized carbons (Fsp3) is 0.500. The highest BCUT2D eigenvalue weighted by molar-refractivity contribution is 8.14. The molecule has 0 aromatic heterocycles. The predicted molar refractivity (Wildman–Crippen MR) is 35.5 cm³/mol. The van der Waals surface area contributed by atoms with E-state index in [0.29, 0.717) is 10.9 Å². The number of carboxylic acid groups (broad SMARTS) is 1. The van der Waals surface area contributed by atoms with Gasteiger partial charge in [-0.15, -0.1) is 0 Å². The zero-order chi connectivity index (χ0) is 6.85. The molecule has 0 bridgehead atoms. The highest BCUT2D eigenvalue weighted by atomic mass is 32.2. The molecule has 0 spiro atoms. The highest BCUT2D eigenvalue weighted by Crippen LogP contribution is 2.14. The van der Waals surface area contributed by atoms with Crippen LogP contribution in [0.2, 0.25) is 0 Å². The van der Waals surface area contributed by atoms with Gasteiger partial charge in [0, 0.05) is 5.75 Å². The number of nitrogens with zero attached hydrogens (tertiary/aromatic N) is 1. The SMILES string of the molecule is NC1=NC(C(=O)O)CS1. The van der Waals surface area contributed by atoms with Crippen LogP contribution in [-0.2, 0) is 4.79 Å². The lowest BCUT2D eigenvalue weighted by Gasteiger charge is -1.93. The molecule has 0 radical (unpaired) electrons. The predicted octanol–water partition coefficient (Wildman–Crippen LogP) is -0.499. The van der Waals surface area contributed by atoms with Crippen molar-refractivity contribution in [2.45, 2.75) is 6.04 Å². The van der Waals surface area contributed by atoms with Crippen LogP contribution in [0.1, 0.15) is 0 Å². The Morgan fingerprint density at radius 1 is 2.00 bits per heavy atom. The molecule has 3 N–H and O–H groups in total. The number of aliphatic carboxylic acids is 1. The Bertz CT molecular complexity index is 168. The Labute approximate surface area is 56.1 Å². The first kappa shape index (κ1) is 6.41. The summed E-state index contributed by atoms with van der Waals surface area (Å²) >= 11 is 1.28. The average Bonchev–Trinajstić information content (AvgIpc) is 2.14. The van der Waals surface area contributed by atoms with Crippen LogP contribution in [0.5, 0.6) is 0 Å². The molecule has 0 saturated carbocycles. The van der Waals surface area contributed by atoms with E-state index in [-0.39, 0.29) is 0 Å². The van der Waals surface area contributed by atoms with E-state index in [1.165, 1.54) is 11.8 Å². The van der Waals surface area contributed by atoms with Crippen molar-refractivity contribution in [2.75, 3.05) is 5.75 Å². The van der Waals surface area contributed by atoms with Crippen molar-refractivity contribution >= 4 is 22.9 Å². The van der Waals surface area contributed by atoms with Crippen LogP contribution in [0.25, 0.3) is 0 Å². The number of thioether (sulfide) groups is 1. The standard InChI is InChI=1S/C4H6N2O2S/c5-4-6-2(1-9-4)3(7)8/h2H,1H2,(H2,5,6)(H,7,8). The summed E-state index contributed by atoms with van der Waals surface area (Å²) in [5, 5.41) is 8.73. The third-order valence-electron chi connectivity index (χ3n) is 0.957. The summed E-state index contributed by atoms with van der Waals surface area (Å²) in [6.07, 6.45) is 0. The van der Waals surface area contributed by atoms with Crippen molar-refractivity contribution in [3.8, 4) is 0 Å². The second kappa shape index (κ2) is 2.26. The third kappa shape index (κ3) is 1.35. The van der Waals surface area contributed by atoms with Crippen molar-refractivity contribution in [2.24, 2.45) is 10.7 Å². The van der Waals surface area contributed by atoms with Crippen LogP contribution in [-0.4, -0.2) is 28.0 Å². The quantitative estimate of drug-likeness (QED) is 0.523. The van der Waals surface area contributed by atoms with Crippen molar-refractivity contribution in [3.63, 3.8) is 0 Å². The van der Waals surface area contributed by atoms with Crippen LogP contribution in [0.15, 0.2) is 4.99 Å². The second-order valence-corrected chi connectivity index (χ2v) is 2.67. The number of carbonyl (C=O) groups is 1. The minimum absolute atomic E-state index is 0.377. The molecule has 1 heterocycles. The van der Waals surface area contributed by atoms with E-state index in [2.05, 4.69) is 4.99 Å². The summed E-state index contributed by atoms with van der Waals surface area (Å²) < 4.78 is 0. The molecule has 0 aromatic carbocycles. The molecule has 4 nitrogen and oxygen atoms in total. The zero-order valence-corrected chi connectivity index (χ0v) is 5.39. The molecule has 5 heteroatoms. The van der Waals surface area contributed by atoms with Crippen molar-refractivity contribution in [1.82, 2.24) is 0 Å². The van der Waals surface area contributed by atoms with Gasteiger partial charge in [0.1, 0.15) is 0 Å². The maximum absolute atomic E-state index is 10.2. The third-order valence-corrected chi connectivity index (χ3v) is 1.84. The number of hydrogen-bond donors (Lipinski definition) is 2. The smallest absolute Gasteiger partial charge is 0.329 e. The van der Waals surface area contributed by atoms with Crippen LogP contribution >= 0.6 is 11.8 Å². The molecule has 0 aliphatic carbocycles. The second-order valence-electron chi connectivity index (χ2n) is 1.63. The number of carboxylic acids is 1. The normalized spacial score (nSPS) is 25.8. The Balaban J connectivity index is 2.57. The van der Waals surface area contributed by atoms with Gasteiger partial charge in [-0.05, 0) is 0 Å². The van der Waals surface area contributed by atoms with Gasteiger partial charge in [-0.3, -0.25) is 0 Å². The van der Waals surface area contributed by atoms with E-state index in [0.717, 1.165) is 0 Å². The van der Waals surface area contributed by atoms with Crippen LogP contribution < -0.4 is 5.73 Å². The van der Waals surface area contributed by atoms with Crippen molar-refractivity contribution < 1.29 is 9.90 Å². The minimum Gasteiger partial charge on any atom is -0.480 e. The lowest BCUT2D eigenvalue weighted by atomic mass is 10.4. The van der Waals surface area contributed by atoms with Gasteiger partial charge in [0.05, 0.1) is 0 Å². The van der Waals surface area contributed by atoms with E-state index in [4.69, 9.17) is 10.8 Å².